The van der Waals surface area contributed by atoms with Crippen LogP contribution in [0.5, 0.6) is 5.75 Å². The third-order valence-electron chi connectivity index (χ3n) is 3.28. The van der Waals surface area contributed by atoms with E-state index in [0.29, 0.717) is 18.5 Å². The van der Waals surface area contributed by atoms with Gasteiger partial charge in [0.15, 0.2) is 5.75 Å². The zero-order valence-electron chi connectivity index (χ0n) is 11.6. The van der Waals surface area contributed by atoms with Crippen molar-refractivity contribution in [3.8, 4) is 5.75 Å². The van der Waals surface area contributed by atoms with Crippen LogP contribution in [0.2, 0.25) is 0 Å². The van der Waals surface area contributed by atoms with Gasteiger partial charge in [0.05, 0.1) is 17.6 Å². The van der Waals surface area contributed by atoms with Crippen molar-refractivity contribution in [3.63, 3.8) is 0 Å². The number of nitro benzene ring substituents is 1. The van der Waals surface area contributed by atoms with Crippen molar-refractivity contribution in [2.24, 2.45) is 0 Å². The van der Waals surface area contributed by atoms with E-state index < -0.39 is 4.92 Å². The van der Waals surface area contributed by atoms with Crippen LogP contribution in [-0.4, -0.2) is 30.8 Å². The Labute approximate surface area is 118 Å². The van der Waals surface area contributed by atoms with Crippen LogP contribution in [-0.2, 0) is 4.74 Å². The smallest absolute Gasteiger partial charge is 0.311 e. The second-order valence-electron chi connectivity index (χ2n) is 4.72. The van der Waals surface area contributed by atoms with Crippen molar-refractivity contribution in [1.29, 1.82) is 0 Å². The van der Waals surface area contributed by atoms with E-state index in [1.54, 1.807) is 19.1 Å². The van der Waals surface area contributed by atoms with Crippen LogP contribution < -0.4 is 10.1 Å². The maximum absolute atomic E-state index is 10.9. The number of rotatable bonds is 7. The van der Waals surface area contributed by atoms with Gasteiger partial charge in [0.25, 0.3) is 0 Å². The van der Waals surface area contributed by atoms with Crippen LogP contribution in [0.4, 0.5) is 11.4 Å². The van der Waals surface area contributed by atoms with E-state index in [1.165, 1.54) is 6.07 Å². The fraction of sp³-hybridized carbons (Fsp3) is 0.571. The molecule has 0 spiro atoms. The maximum atomic E-state index is 10.9. The van der Waals surface area contributed by atoms with Crippen molar-refractivity contribution in [3.05, 3.63) is 28.3 Å². The summed E-state index contributed by atoms with van der Waals surface area (Å²) in [6.07, 6.45) is 3.54. The molecule has 6 heteroatoms. The monoisotopic (exact) mass is 280 g/mol. The van der Waals surface area contributed by atoms with Gasteiger partial charge in [-0.25, -0.2) is 0 Å². The lowest BCUT2D eigenvalue weighted by Gasteiger charge is -2.12. The fourth-order valence-corrected chi connectivity index (χ4v) is 2.30. The quantitative estimate of drug-likeness (QED) is 0.614. The number of ether oxygens (including phenoxy) is 2. The molecule has 1 fully saturated rings. The van der Waals surface area contributed by atoms with E-state index in [0.717, 1.165) is 38.1 Å². The number of nitro groups is 1. The highest BCUT2D eigenvalue weighted by Crippen LogP contribution is 2.30. The number of hydrogen-bond donors (Lipinski definition) is 1. The molecule has 1 aromatic rings. The number of benzene rings is 1. The average Bonchev–Trinajstić information content (AvgIpc) is 2.92. The van der Waals surface area contributed by atoms with Gasteiger partial charge >= 0.3 is 5.69 Å². The fourth-order valence-electron chi connectivity index (χ4n) is 2.30. The Morgan fingerprint density at radius 1 is 1.55 bits per heavy atom. The number of hydrogen-bond acceptors (Lipinski definition) is 5. The lowest BCUT2D eigenvalue weighted by Crippen LogP contribution is -2.12. The van der Waals surface area contributed by atoms with Crippen molar-refractivity contribution in [1.82, 2.24) is 0 Å². The molecule has 1 saturated heterocycles. The Kier molecular flexibility index (Phi) is 5.17. The molecule has 0 amide bonds. The summed E-state index contributed by atoms with van der Waals surface area (Å²) < 4.78 is 10.9. The molecule has 1 N–H and O–H groups in total. The Morgan fingerprint density at radius 3 is 3.05 bits per heavy atom. The van der Waals surface area contributed by atoms with Gasteiger partial charge in [-0.05, 0) is 32.3 Å². The Balaban J connectivity index is 1.93. The van der Waals surface area contributed by atoms with Crippen molar-refractivity contribution >= 4 is 11.4 Å². The molecule has 1 aliphatic heterocycles. The van der Waals surface area contributed by atoms with Crippen LogP contribution in [0.3, 0.4) is 0 Å². The lowest BCUT2D eigenvalue weighted by atomic mass is 10.2. The van der Waals surface area contributed by atoms with Gasteiger partial charge in [-0.3, -0.25) is 10.1 Å². The largest absolute Gasteiger partial charge is 0.487 e. The van der Waals surface area contributed by atoms with Crippen LogP contribution in [0, 0.1) is 10.1 Å². The number of nitrogens with one attached hydrogen (secondary N) is 1. The lowest BCUT2D eigenvalue weighted by molar-refractivity contribution is -0.385. The molecular formula is C14H20N2O4. The van der Waals surface area contributed by atoms with Crippen LogP contribution >= 0.6 is 0 Å². The predicted molar refractivity (Wildman–Crippen MR) is 76.3 cm³/mol. The molecule has 0 radical (unpaired) electrons. The highest BCUT2D eigenvalue weighted by atomic mass is 16.6. The number of nitrogens with zero attached hydrogens (tertiary/aromatic N) is 1. The second-order valence-corrected chi connectivity index (χ2v) is 4.72. The topological polar surface area (TPSA) is 73.6 Å². The third kappa shape index (κ3) is 3.84. The molecule has 110 valence electrons. The summed E-state index contributed by atoms with van der Waals surface area (Å²) >= 11 is 0. The van der Waals surface area contributed by atoms with Gasteiger partial charge in [0.1, 0.15) is 0 Å². The molecule has 1 heterocycles. The predicted octanol–water partition coefficient (Wildman–Crippen LogP) is 2.97. The van der Waals surface area contributed by atoms with Crippen LogP contribution in [0.15, 0.2) is 18.2 Å². The van der Waals surface area contributed by atoms with E-state index in [2.05, 4.69) is 5.32 Å². The molecule has 1 unspecified atom stereocenters. The van der Waals surface area contributed by atoms with Gasteiger partial charge in [0, 0.05) is 31.0 Å². The zero-order chi connectivity index (χ0) is 14.4. The maximum Gasteiger partial charge on any atom is 0.311 e. The first-order valence-corrected chi connectivity index (χ1v) is 6.97. The van der Waals surface area contributed by atoms with Crippen molar-refractivity contribution < 1.29 is 14.4 Å². The van der Waals surface area contributed by atoms with Gasteiger partial charge in [-0.15, -0.1) is 0 Å². The summed E-state index contributed by atoms with van der Waals surface area (Å²) in [5.41, 5.74) is 0.827. The van der Waals surface area contributed by atoms with E-state index >= 15 is 0 Å². The minimum Gasteiger partial charge on any atom is -0.487 e. The van der Waals surface area contributed by atoms with E-state index in [9.17, 15) is 10.1 Å². The van der Waals surface area contributed by atoms with E-state index in [-0.39, 0.29) is 5.69 Å². The minimum absolute atomic E-state index is 0.00322. The number of anilines is 1. The first kappa shape index (κ1) is 14.6. The summed E-state index contributed by atoms with van der Waals surface area (Å²) in [5.74, 6) is 0.305. The molecule has 0 saturated carbocycles. The SMILES string of the molecule is CCOc1cc(NCCC2CCCO2)ccc1[N+](=O)[O-]. The first-order valence-electron chi connectivity index (χ1n) is 6.97. The van der Waals surface area contributed by atoms with E-state index in [4.69, 9.17) is 9.47 Å². The van der Waals surface area contributed by atoms with Gasteiger partial charge in [-0.1, -0.05) is 0 Å². The molecular weight excluding hydrogens is 260 g/mol. The van der Waals surface area contributed by atoms with E-state index in [1.807, 2.05) is 0 Å². The summed E-state index contributed by atoms with van der Waals surface area (Å²) in [4.78, 5) is 10.5. The molecule has 6 nitrogen and oxygen atoms in total. The van der Waals surface area contributed by atoms with Crippen LogP contribution in [0.25, 0.3) is 0 Å². The normalized spacial score (nSPS) is 17.9. The van der Waals surface area contributed by atoms with Crippen molar-refractivity contribution in [2.45, 2.75) is 32.3 Å². The Morgan fingerprint density at radius 2 is 2.40 bits per heavy atom. The molecule has 0 bridgehead atoms. The third-order valence-corrected chi connectivity index (χ3v) is 3.28. The van der Waals surface area contributed by atoms with Gasteiger partial charge < -0.3 is 14.8 Å². The Bertz CT molecular complexity index is 458. The molecule has 20 heavy (non-hydrogen) atoms. The molecule has 0 aliphatic carbocycles. The van der Waals surface area contributed by atoms with Crippen LogP contribution in [0.1, 0.15) is 26.2 Å². The molecule has 2 rings (SSSR count). The Hall–Kier alpha value is -1.82. The first-order chi connectivity index (χ1) is 9.70. The second kappa shape index (κ2) is 7.09. The standard InChI is InChI=1S/C14H20N2O4/c1-2-19-14-10-11(5-6-13(14)16(17)18)15-8-7-12-4-3-9-20-12/h5-6,10,12,15H,2-4,7-9H2,1H3. The summed E-state index contributed by atoms with van der Waals surface area (Å²) in [6.45, 7) is 3.85. The summed E-state index contributed by atoms with van der Waals surface area (Å²) in [5, 5.41) is 14.1. The summed E-state index contributed by atoms with van der Waals surface area (Å²) in [6, 6.07) is 4.85. The van der Waals surface area contributed by atoms with Gasteiger partial charge in [0.2, 0.25) is 0 Å². The highest BCUT2D eigenvalue weighted by Gasteiger charge is 2.16. The molecule has 1 atom stereocenters. The van der Waals surface area contributed by atoms with Gasteiger partial charge in [-0.2, -0.15) is 0 Å². The molecule has 1 aliphatic rings. The average molecular weight is 280 g/mol. The van der Waals surface area contributed by atoms with Crippen molar-refractivity contribution in [2.75, 3.05) is 25.1 Å². The highest BCUT2D eigenvalue weighted by molar-refractivity contribution is 5.57. The zero-order valence-corrected chi connectivity index (χ0v) is 11.6. The minimum atomic E-state index is -0.429. The molecule has 0 aromatic heterocycles. The molecule has 1 aromatic carbocycles. The summed E-state index contributed by atoms with van der Waals surface area (Å²) in [7, 11) is 0.